The Labute approximate surface area is 180 Å². The normalized spacial score (nSPS) is 12.8. The Kier molecular flexibility index (Phi) is 6.39. The third-order valence-corrected chi connectivity index (χ3v) is 5.85. The van der Waals surface area contributed by atoms with Gasteiger partial charge in [0.2, 0.25) is 0 Å². The van der Waals surface area contributed by atoms with Crippen LogP contribution in [0, 0.1) is 6.92 Å². The second kappa shape index (κ2) is 9.54. The van der Waals surface area contributed by atoms with Crippen LogP contribution in [0.3, 0.4) is 0 Å². The third-order valence-electron chi connectivity index (χ3n) is 5.85. The molecule has 0 aliphatic carbocycles. The maximum Gasteiger partial charge on any atom is 0.175 e. The monoisotopic (exact) mass is 392 g/mol. The molecule has 0 fully saturated rings. The molecule has 0 amide bonds. The summed E-state index contributed by atoms with van der Waals surface area (Å²) in [7, 11) is 0. The zero-order valence-electron chi connectivity index (χ0n) is 18.0. The minimum atomic E-state index is 0.300. The number of benzene rings is 4. The van der Waals surface area contributed by atoms with E-state index in [-0.39, 0.29) is 0 Å². The topological polar surface area (TPSA) is 3.01 Å². The first-order chi connectivity index (χ1) is 14.7. The molecule has 4 aromatic rings. The molecule has 4 rings (SSSR count). The van der Waals surface area contributed by atoms with E-state index in [1.54, 1.807) is 0 Å². The molecule has 0 N–H and O–H groups in total. The molecule has 0 radical (unpaired) electrons. The summed E-state index contributed by atoms with van der Waals surface area (Å²) in [6.45, 7) is 5.52. The van der Waals surface area contributed by atoms with Crippen LogP contribution in [0.15, 0.2) is 97.1 Å². The van der Waals surface area contributed by atoms with Crippen molar-refractivity contribution in [3.05, 3.63) is 119 Å². The number of nitrogens with zero attached hydrogens (tertiary/aromatic N) is 1. The lowest BCUT2D eigenvalue weighted by atomic mass is 9.99. The Morgan fingerprint density at radius 1 is 0.800 bits per heavy atom. The molecular formula is C29H30N+. The molecule has 0 saturated heterocycles. The SMILES string of the molecule is Cc1cccc(CCC/[N+](=C\c2ccccc2)[C@H](C)c2cccc3ccccc23)c1. The molecule has 1 nitrogen and oxygen atoms in total. The van der Waals surface area contributed by atoms with Gasteiger partial charge in [0, 0.05) is 24.5 Å². The number of hydrogen-bond donors (Lipinski definition) is 0. The molecule has 0 heterocycles. The van der Waals surface area contributed by atoms with Crippen LogP contribution >= 0.6 is 0 Å². The Morgan fingerprint density at radius 2 is 1.53 bits per heavy atom. The van der Waals surface area contributed by atoms with Crippen molar-refractivity contribution in [1.82, 2.24) is 0 Å². The Bertz CT molecular complexity index is 1140. The highest BCUT2D eigenvalue weighted by Gasteiger charge is 2.20. The van der Waals surface area contributed by atoms with Crippen LogP contribution in [-0.2, 0) is 6.42 Å². The molecule has 0 bridgehead atoms. The van der Waals surface area contributed by atoms with Crippen molar-refractivity contribution in [2.75, 3.05) is 6.54 Å². The van der Waals surface area contributed by atoms with Crippen molar-refractivity contribution < 1.29 is 4.58 Å². The van der Waals surface area contributed by atoms with Gasteiger partial charge in [0.1, 0.15) is 6.54 Å². The summed E-state index contributed by atoms with van der Waals surface area (Å²) in [6, 6.07) is 35.2. The van der Waals surface area contributed by atoms with Gasteiger partial charge in [0.15, 0.2) is 12.3 Å². The van der Waals surface area contributed by atoms with E-state index in [1.807, 2.05) is 0 Å². The van der Waals surface area contributed by atoms with E-state index in [4.69, 9.17) is 0 Å². The van der Waals surface area contributed by atoms with Crippen LogP contribution < -0.4 is 0 Å². The lowest BCUT2D eigenvalue weighted by Gasteiger charge is -2.15. The van der Waals surface area contributed by atoms with Crippen molar-refractivity contribution in [2.24, 2.45) is 0 Å². The van der Waals surface area contributed by atoms with Crippen molar-refractivity contribution >= 4 is 17.0 Å². The van der Waals surface area contributed by atoms with E-state index < -0.39 is 0 Å². The van der Waals surface area contributed by atoms with Gasteiger partial charge in [-0.3, -0.25) is 0 Å². The van der Waals surface area contributed by atoms with Gasteiger partial charge in [-0.25, -0.2) is 4.58 Å². The Balaban J connectivity index is 1.62. The predicted molar refractivity (Wildman–Crippen MR) is 129 cm³/mol. The first kappa shape index (κ1) is 20.1. The quantitative estimate of drug-likeness (QED) is 0.236. The number of hydrogen-bond acceptors (Lipinski definition) is 0. The van der Waals surface area contributed by atoms with E-state index in [1.165, 1.54) is 33.0 Å². The Morgan fingerprint density at radius 3 is 2.37 bits per heavy atom. The van der Waals surface area contributed by atoms with Crippen molar-refractivity contribution in [2.45, 2.75) is 32.7 Å². The van der Waals surface area contributed by atoms with E-state index in [0.717, 1.165) is 19.4 Å². The van der Waals surface area contributed by atoms with Crippen LogP contribution in [0.5, 0.6) is 0 Å². The molecule has 30 heavy (non-hydrogen) atoms. The fourth-order valence-corrected chi connectivity index (χ4v) is 4.23. The van der Waals surface area contributed by atoms with Crippen molar-refractivity contribution in [3.8, 4) is 0 Å². The molecule has 0 spiro atoms. The van der Waals surface area contributed by atoms with E-state index in [2.05, 4.69) is 122 Å². The fourth-order valence-electron chi connectivity index (χ4n) is 4.23. The first-order valence-electron chi connectivity index (χ1n) is 10.9. The molecular weight excluding hydrogens is 362 g/mol. The first-order valence-corrected chi connectivity index (χ1v) is 10.9. The summed E-state index contributed by atoms with van der Waals surface area (Å²) in [6.07, 6.45) is 4.55. The van der Waals surface area contributed by atoms with E-state index >= 15 is 0 Å². The number of rotatable bonds is 7. The number of aryl methyl sites for hydroxylation is 2. The molecule has 150 valence electrons. The highest BCUT2D eigenvalue weighted by atomic mass is 15.0. The lowest BCUT2D eigenvalue weighted by Crippen LogP contribution is -2.20. The van der Waals surface area contributed by atoms with Gasteiger partial charge < -0.3 is 0 Å². The zero-order chi connectivity index (χ0) is 20.8. The van der Waals surface area contributed by atoms with Gasteiger partial charge >= 0.3 is 0 Å². The summed E-state index contributed by atoms with van der Waals surface area (Å²) >= 11 is 0. The summed E-state index contributed by atoms with van der Waals surface area (Å²) in [5, 5.41) is 2.65. The molecule has 0 aliphatic heterocycles. The van der Waals surface area contributed by atoms with Crippen LogP contribution in [0.4, 0.5) is 0 Å². The van der Waals surface area contributed by atoms with Gasteiger partial charge in [0.05, 0.1) is 0 Å². The average Bonchev–Trinajstić information content (AvgIpc) is 2.78. The molecule has 0 aromatic heterocycles. The molecule has 1 atom stereocenters. The highest BCUT2D eigenvalue weighted by Crippen LogP contribution is 2.26. The second-order valence-electron chi connectivity index (χ2n) is 8.11. The largest absolute Gasteiger partial charge is 0.229 e. The smallest absolute Gasteiger partial charge is 0.175 e. The third kappa shape index (κ3) is 4.86. The lowest BCUT2D eigenvalue weighted by molar-refractivity contribution is -0.564. The minimum absolute atomic E-state index is 0.300. The summed E-state index contributed by atoms with van der Waals surface area (Å²) in [4.78, 5) is 0. The van der Waals surface area contributed by atoms with E-state index in [0.29, 0.717) is 6.04 Å². The summed E-state index contributed by atoms with van der Waals surface area (Å²) in [5.41, 5.74) is 5.40. The van der Waals surface area contributed by atoms with Crippen LogP contribution in [-0.4, -0.2) is 17.3 Å². The molecule has 0 saturated carbocycles. The van der Waals surface area contributed by atoms with Crippen LogP contribution in [0.2, 0.25) is 0 Å². The summed E-state index contributed by atoms with van der Waals surface area (Å²) < 4.78 is 2.51. The Hall–Kier alpha value is -3.19. The van der Waals surface area contributed by atoms with Gasteiger partial charge in [0.25, 0.3) is 0 Å². The minimum Gasteiger partial charge on any atom is -0.229 e. The van der Waals surface area contributed by atoms with E-state index in [9.17, 15) is 0 Å². The fraction of sp³-hybridized carbons (Fsp3) is 0.207. The van der Waals surface area contributed by atoms with Gasteiger partial charge in [-0.2, -0.15) is 0 Å². The molecule has 1 heteroatoms. The van der Waals surface area contributed by atoms with Crippen molar-refractivity contribution in [3.63, 3.8) is 0 Å². The highest BCUT2D eigenvalue weighted by molar-refractivity contribution is 5.86. The van der Waals surface area contributed by atoms with Crippen LogP contribution in [0.1, 0.15) is 41.6 Å². The molecule has 4 aromatic carbocycles. The second-order valence-corrected chi connectivity index (χ2v) is 8.11. The zero-order valence-corrected chi connectivity index (χ0v) is 18.0. The van der Waals surface area contributed by atoms with Crippen LogP contribution in [0.25, 0.3) is 10.8 Å². The average molecular weight is 393 g/mol. The van der Waals surface area contributed by atoms with Gasteiger partial charge in [-0.05, 0) is 41.8 Å². The van der Waals surface area contributed by atoms with Crippen molar-refractivity contribution in [1.29, 1.82) is 0 Å². The van der Waals surface area contributed by atoms with Gasteiger partial charge in [-0.1, -0.05) is 90.5 Å². The standard InChI is InChI=1S/C29H30N/c1-23-11-8-14-25(21-23)15-10-20-30(22-26-12-4-3-5-13-26)24(2)28-19-9-17-27-16-6-7-18-29(27)28/h3-9,11-14,16-19,21-22,24H,10,15,20H2,1-2H3/q+1/b30-22+/t24-/m1/s1. The maximum absolute atomic E-state index is 2.51. The predicted octanol–water partition coefficient (Wildman–Crippen LogP) is 6.97. The summed E-state index contributed by atoms with van der Waals surface area (Å²) in [5.74, 6) is 0. The molecule has 0 unspecified atom stereocenters. The van der Waals surface area contributed by atoms with Gasteiger partial charge in [-0.15, -0.1) is 0 Å². The molecule has 0 aliphatic rings. The maximum atomic E-state index is 2.51. The number of fused-ring (bicyclic) bond motifs is 1.